The van der Waals surface area contributed by atoms with Crippen LogP contribution in [0.3, 0.4) is 0 Å². The van der Waals surface area contributed by atoms with E-state index in [0.717, 1.165) is 24.3 Å². The van der Waals surface area contributed by atoms with Crippen LogP contribution in [0.15, 0.2) is 18.2 Å². The van der Waals surface area contributed by atoms with E-state index in [9.17, 15) is 0 Å². The van der Waals surface area contributed by atoms with Gasteiger partial charge < -0.3 is 0 Å². The Kier molecular flexibility index (Phi) is 3.11. The zero-order valence-electron chi connectivity index (χ0n) is 10.5. The lowest BCUT2D eigenvalue weighted by Gasteiger charge is -2.55. The van der Waals surface area contributed by atoms with Gasteiger partial charge in [-0.25, -0.2) is 4.31 Å². The van der Waals surface area contributed by atoms with Crippen molar-refractivity contribution in [3.63, 3.8) is 0 Å². The number of nitrogens with zero attached hydrogens (tertiary/aromatic N) is 3. The van der Waals surface area contributed by atoms with Crippen LogP contribution < -0.4 is 0 Å². The average Bonchev–Trinajstić information content (AvgIpc) is 2.36. The smallest absolute Gasteiger partial charge is 0.0547 e. The second-order valence-electron chi connectivity index (χ2n) is 5.02. The lowest BCUT2D eigenvalue weighted by Crippen LogP contribution is -2.66. The van der Waals surface area contributed by atoms with Crippen LogP contribution in [0.4, 0.5) is 0 Å². The molecule has 3 nitrogen and oxygen atoms in total. The molecule has 0 amide bonds. The van der Waals surface area contributed by atoms with Crippen LogP contribution in [0.5, 0.6) is 0 Å². The zero-order chi connectivity index (χ0) is 11.8. The summed E-state index contributed by atoms with van der Waals surface area (Å²) >= 11 is 1.88. The molecule has 0 aromatic carbocycles. The Morgan fingerprint density at radius 2 is 2.12 bits per heavy atom. The Hall–Kier alpha value is -0.580. The third kappa shape index (κ3) is 2.21. The molecule has 0 aliphatic carbocycles. The molecule has 92 valence electrons. The van der Waals surface area contributed by atoms with Crippen LogP contribution in [0, 0.1) is 6.92 Å². The molecule has 3 fully saturated rings. The van der Waals surface area contributed by atoms with E-state index in [-0.39, 0.29) is 0 Å². The quantitative estimate of drug-likeness (QED) is 0.762. The number of fused-ring (bicyclic) bond motifs is 2. The van der Waals surface area contributed by atoms with Crippen LogP contribution in [-0.2, 0) is 6.54 Å². The highest BCUT2D eigenvalue weighted by Crippen LogP contribution is 2.35. The minimum absolute atomic E-state index is 0.753. The standard InChI is InChI=1S/C13H19N3S/c1-10-4-3-5-11(14-10)7-16-12-6-13(16)9-15(8-12)17-2/h3-5,12-13H,6-9H2,1-2H3. The maximum absolute atomic E-state index is 4.60. The number of piperazine rings is 1. The van der Waals surface area contributed by atoms with Gasteiger partial charge in [-0.1, -0.05) is 18.0 Å². The van der Waals surface area contributed by atoms with E-state index < -0.39 is 0 Å². The molecule has 2 bridgehead atoms. The predicted molar refractivity (Wildman–Crippen MR) is 71.8 cm³/mol. The average molecular weight is 249 g/mol. The molecule has 0 spiro atoms. The van der Waals surface area contributed by atoms with E-state index in [4.69, 9.17) is 0 Å². The molecule has 1 aromatic rings. The molecule has 3 aliphatic rings. The molecule has 1 aromatic heterocycles. The second-order valence-corrected chi connectivity index (χ2v) is 5.90. The van der Waals surface area contributed by atoms with Crippen molar-refractivity contribution in [1.29, 1.82) is 0 Å². The minimum Gasteiger partial charge on any atom is -0.289 e. The summed E-state index contributed by atoms with van der Waals surface area (Å²) in [5, 5.41) is 0. The van der Waals surface area contributed by atoms with Crippen LogP contribution in [0.1, 0.15) is 17.8 Å². The number of piperidine rings is 1. The molecule has 2 atom stereocenters. The molecular formula is C13H19N3S. The largest absolute Gasteiger partial charge is 0.289 e. The van der Waals surface area contributed by atoms with Gasteiger partial charge in [-0.2, -0.15) is 0 Å². The number of hydrogen-bond donors (Lipinski definition) is 0. The first kappa shape index (κ1) is 11.5. The molecule has 3 saturated heterocycles. The Morgan fingerprint density at radius 3 is 2.76 bits per heavy atom. The first-order valence-corrected chi connectivity index (χ1v) is 7.42. The maximum atomic E-state index is 4.60. The third-order valence-electron chi connectivity index (χ3n) is 3.86. The van der Waals surface area contributed by atoms with Gasteiger partial charge in [0, 0.05) is 37.4 Å². The first-order valence-electron chi connectivity index (χ1n) is 6.23. The minimum atomic E-state index is 0.753. The second kappa shape index (κ2) is 4.59. The van der Waals surface area contributed by atoms with Crippen molar-refractivity contribution in [2.45, 2.75) is 32.0 Å². The van der Waals surface area contributed by atoms with E-state index >= 15 is 0 Å². The zero-order valence-corrected chi connectivity index (χ0v) is 11.3. The van der Waals surface area contributed by atoms with Gasteiger partial charge in [0.15, 0.2) is 0 Å². The third-order valence-corrected chi connectivity index (χ3v) is 4.67. The van der Waals surface area contributed by atoms with Crippen molar-refractivity contribution in [3.05, 3.63) is 29.6 Å². The fraction of sp³-hybridized carbons (Fsp3) is 0.615. The number of rotatable bonds is 3. The van der Waals surface area contributed by atoms with Gasteiger partial charge in [0.05, 0.1) is 5.69 Å². The number of aryl methyl sites for hydroxylation is 1. The van der Waals surface area contributed by atoms with Gasteiger partial charge in [0.25, 0.3) is 0 Å². The summed E-state index contributed by atoms with van der Waals surface area (Å²) in [6.45, 7) is 5.52. The summed E-state index contributed by atoms with van der Waals surface area (Å²) < 4.78 is 2.49. The van der Waals surface area contributed by atoms with Crippen molar-refractivity contribution in [2.75, 3.05) is 19.3 Å². The van der Waals surface area contributed by atoms with Gasteiger partial charge in [0.2, 0.25) is 0 Å². The maximum Gasteiger partial charge on any atom is 0.0547 e. The summed E-state index contributed by atoms with van der Waals surface area (Å²) in [5.41, 5.74) is 2.34. The number of aromatic nitrogens is 1. The van der Waals surface area contributed by atoms with Gasteiger partial charge >= 0.3 is 0 Å². The SMILES string of the molecule is CSN1CC2CC(C1)N2Cc1cccc(C)n1. The highest BCUT2D eigenvalue weighted by Gasteiger charge is 2.44. The van der Waals surface area contributed by atoms with Crippen LogP contribution >= 0.6 is 11.9 Å². The number of pyridine rings is 1. The highest BCUT2D eigenvalue weighted by atomic mass is 32.2. The van der Waals surface area contributed by atoms with E-state index in [0.29, 0.717) is 0 Å². The van der Waals surface area contributed by atoms with Crippen molar-refractivity contribution in [1.82, 2.24) is 14.2 Å². The predicted octanol–water partition coefficient (Wildman–Crippen LogP) is 1.93. The summed E-state index contributed by atoms with van der Waals surface area (Å²) in [5.74, 6) is 0. The lowest BCUT2D eigenvalue weighted by molar-refractivity contribution is -0.0477. The van der Waals surface area contributed by atoms with Crippen LogP contribution in [0.2, 0.25) is 0 Å². The summed E-state index contributed by atoms with van der Waals surface area (Å²) in [4.78, 5) is 7.22. The normalized spacial score (nSPS) is 29.1. The molecule has 0 N–H and O–H groups in total. The van der Waals surface area contributed by atoms with Gasteiger partial charge in [0.1, 0.15) is 0 Å². The van der Waals surface area contributed by atoms with Gasteiger partial charge in [-0.3, -0.25) is 9.88 Å². The summed E-state index contributed by atoms with van der Waals surface area (Å²) in [6.07, 6.45) is 3.56. The van der Waals surface area contributed by atoms with Gasteiger partial charge in [-0.05, 0) is 31.7 Å². The van der Waals surface area contributed by atoms with E-state index in [1.807, 2.05) is 11.9 Å². The van der Waals surface area contributed by atoms with Gasteiger partial charge in [-0.15, -0.1) is 0 Å². The lowest BCUT2D eigenvalue weighted by atomic mass is 9.88. The van der Waals surface area contributed by atoms with Crippen LogP contribution in [-0.4, -0.2) is 45.6 Å². The first-order chi connectivity index (χ1) is 8.26. The van der Waals surface area contributed by atoms with Crippen molar-refractivity contribution < 1.29 is 0 Å². The van der Waals surface area contributed by atoms with Crippen molar-refractivity contribution >= 4 is 11.9 Å². The van der Waals surface area contributed by atoms with Crippen molar-refractivity contribution in [2.24, 2.45) is 0 Å². The molecule has 3 aliphatic heterocycles. The molecule has 17 heavy (non-hydrogen) atoms. The molecule has 0 radical (unpaired) electrons. The van der Waals surface area contributed by atoms with Crippen molar-refractivity contribution in [3.8, 4) is 0 Å². The molecular weight excluding hydrogens is 230 g/mol. The Bertz CT molecular complexity index is 397. The molecule has 2 unspecified atom stereocenters. The topological polar surface area (TPSA) is 19.4 Å². The Labute approximate surface area is 107 Å². The molecule has 4 heterocycles. The fourth-order valence-electron chi connectivity index (χ4n) is 2.93. The fourth-order valence-corrected chi connectivity index (χ4v) is 3.57. The molecule has 0 saturated carbocycles. The molecule has 4 heteroatoms. The highest BCUT2D eigenvalue weighted by molar-refractivity contribution is 7.96. The van der Waals surface area contributed by atoms with E-state index in [2.05, 4.69) is 45.6 Å². The number of hydrogen-bond acceptors (Lipinski definition) is 4. The Morgan fingerprint density at radius 1 is 1.35 bits per heavy atom. The Balaban J connectivity index is 1.65. The van der Waals surface area contributed by atoms with E-state index in [1.54, 1.807) is 0 Å². The molecule has 4 rings (SSSR count). The van der Waals surface area contributed by atoms with E-state index in [1.165, 1.54) is 25.2 Å². The van der Waals surface area contributed by atoms with Crippen LogP contribution in [0.25, 0.3) is 0 Å². The monoisotopic (exact) mass is 249 g/mol. The summed E-state index contributed by atoms with van der Waals surface area (Å²) in [6, 6.07) is 7.83. The summed E-state index contributed by atoms with van der Waals surface area (Å²) in [7, 11) is 0.